The standard InChI is InChI=1S/C65H45Cl13N8O6.Zn/c1-63(2,3)25-19-22(87-10)13-16-28(25)90-52-44(71)36-33(41(68)49(52)76)57-80-55-31-32(40(67)48(75)47(74)39(31)66)56(79-55)81-60-37-34(42(69)50(77)53(45(37)72)91-29-17-14-23(88-11)20-26(29)64(4,5)6)58(83-60)85-62-38-35(59(86-62)84-61(36)82-57)43(70)51(78)54(46(38)73)92-30-18-15-24(89-12)21-27(30)65(7,8)9;/h13-21H,1-12H3;/q-2;+2. The van der Waals surface area contributed by atoms with Gasteiger partial charge in [0.15, 0.2) is 17.2 Å². The van der Waals surface area contributed by atoms with Crippen molar-refractivity contribution in [1.82, 2.24) is 39.9 Å². The number of methoxy groups -OCH3 is 3. The van der Waals surface area contributed by atoms with Crippen LogP contribution in [-0.4, -0.2) is 51.2 Å². The number of nitrogens with zero attached hydrogens (tertiary/aromatic N) is 8. The molecule has 3 aromatic heterocycles. The van der Waals surface area contributed by atoms with Gasteiger partial charge >= 0.3 is 19.5 Å². The number of halogens is 13. The van der Waals surface area contributed by atoms with Gasteiger partial charge in [0.25, 0.3) is 0 Å². The fourth-order valence-corrected chi connectivity index (χ4v) is 14.2. The van der Waals surface area contributed by atoms with E-state index in [2.05, 4.69) is 0 Å². The van der Waals surface area contributed by atoms with Crippen LogP contribution in [0.2, 0.25) is 65.3 Å². The first-order valence-electron chi connectivity index (χ1n) is 27.6. The molecular formula is C65H45Cl13N8O6Zn. The van der Waals surface area contributed by atoms with Crippen LogP contribution < -0.4 is 38.4 Å². The Morgan fingerprint density at radius 2 is 0.548 bits per heavy atom. The van der Waals surface area contributed by atoms with Crippen LogP contribution >= 0.6 is 151 Å². The van der Waals surface area contributed by atoms with Crippen molar-refractivity contribution in [2.75, 3.05) is 21.3 Å². The van der Waals surface area contributed by atoms with Gasteiger partial charge in [0.2, 0.25) is 0 Å². The molecule has 0 unspecified atom stereocenters. The van der Waals surface area contributed by atoms with Crippen molar-refractivity contribution in [3.63, 3.8) is 0 Å². The van der Waals surface area contributed by atoms with Crippen molar-refractivity contribution < 1.29 is 47.9 Å². The van der Waals surface area contributed by atoms with Gasteiger partial charge in [0, 0.05) is 83.1 Å². The summed E-state index contributed by atoms with van der Waals surface area (Å²) in [5, 5.41) is -1.31. The normalized spacial score (nSPS) is 12.3. The van der Waals surface area contributed by atoms with Crippen molar-refractivity contribution in [2.45, 2.75) is 78.6 Å². The topological polar surface area (TPSA) is 161 Å². The minimum Gasteiger partial charge on any atom is -0.497 e. The predicted octanol–water partition coefficient (Wildman–Crippen LogP) is 23.9. The van der Waals surface area contributed by atoms with Crippen LogP contribution in [0.4, 0.5) is 0 Å². The van der Waals surface area contributed by atoms with Crippen LogP contribution in [0, 0.1) is 0 Å². The summed E-state index contributed by atoms with van der Waals surface area (Å²) in [7, 11) is 4.69. The Kier molecular flexibility index (Phi) is 19.0. The van der Waals surface area contributed by atoms with Gasteiger partial charge < -0.3 is 58.3 Å². The SMILES string of the molecule is COc1ccc(Oc2c(Cl)c(Cl)c3c(c2Cl)-c2nc-3nc3[n-]c(nc4nc(nc5[n-]c(n2)c2c(Cl)c(Cl)c(Oc6ccc(OC)cc6C(C)(C)C)c(Cl)c52)-c2c(Cl)c(Cl)c(Cl)c(Cl)c2-4)c2c(Cl)c(Cl)c(Oc4ccc(OC)cc4C(C)(C)C)c(Cl)c32)c(C(C)(C)C)c1.[Zn+2]. The second kappa shape index (κ2) is 25.5. The van der Waals surface area contributed by atoms with E-state index in [1.54, 1.807) is 57.7 Å². The smallest absolute Gasteiger partial charge is 0.497 e. The molecule has 0 fully saturated rings. The molecule has 5 heterocycles. The summed E-state index contributed by atoms with van der Waals surface area (Å²) in [6.45, 7) is 18.1. The van der Waals surface area contributed by atoms with Gasteiger partial charge in [-0.1, -0.05) is 213 Å². The van der Waals surface area contributed by atoms with Gasteiger partial charge in [-0.2, -0.15) is 0 Å². The number of rotatable bonds is 9. The molecule has 28 heteroatoms. The molecule has 2 aliphatic heterocycles. The van der Waals surface area contributed by atoms with Gasteiger partial charge in [-0.3, -0.25) is 0 Å². The first kappa shape index (κ1) is 69.4. The number of fused-ring (bicyclic) bond motifs is 20. The average molecular weight is 1560 g/mol. The minimum atomic E-state index is -0.498. The third kappa shape index (κ3) is 11.9. The fraction of sp³-hybridized carbons (Fsp3) is 0.231. The molecule has 0 saturated heterocycles. The van der Waals surface area contributed by atoms with Gasteiger partial charge in [0.1, 0.15) is 49.6 Å². The zero-order valence-electron chi connectivity index (χ0n) is 50.8. The van der Waals surface area contributed by atoms with Crippen molar-refractivity contribution in [2.24, 2.45) is 0 Å². The Labute approximate surface area is 610 Å². The number of aromatic nitrogens is 8. The van der Waals surface area contributed by atoms with E-state index in [0.717, 1.165) is 16.7 Å². The average Bonchev–Trinajstić information content (AvgIpc) is 1.60. The molecule has 0 N–H and O–H groups in total. The summed E-state index contributed by atoms with van der Waals surface area (Å²) < 4.78 is 37.0. The fourth-order valence-electron chi connectivity index (χ4n) is 10.7. The second-order valence-corrected chi connectivity index (χ2v) is 29.1. The molecule has 0 saturated carbocycles. The molecule has 10 aromatic rings. The number of benzene rings is 7. The molecule has 0 spiro atoms. The van der Waals surface area contributed by atoms with Gasteiger partial charge in [-0.25, -0.2) is 9.97 Å². The summed E-state index contributed by atoms with van der Waals surface area (Å²) in [5.74, 6) is 2.03. The summed E-state index contributed by atoms with van der Waals surface area (Å²) in [6.07, 6.45) is 0. The molecular weight excluding hydrogens is 1520 g/mol. The second-order valence-electron chi connectivity index (χ2n) is 24.2. The summed E-state index contributed by atoms with van der Waals surface area (Å²) in [6, 6.07) is 15.9. The van der Waals surface area contributed by atoms with Crippen molar-refractivity contribution in [3.05, 3.63) is 137 Å². The van der Waals surface area contributed by atoms with E-state index in [9.17, 15) is 0 Å². The summed E-state index contributed by atoms with van der Waals surface area (Å²) in [5.41, 5.74) is 0.389. The van der Waals surface area contributed by atoms with Crippen LogP contribution in [0.15, 0.2) is 54.6 Å². The molecule has 7 aromatic carbocycles. The summed E-state index contributed by atoms with van der Waals surface area (Å²) >= 11 is 95.4. The van der Waals surface area contributed by atoms with Crippen LogP contribution in [0.5, 0.6) is 51.7 Å². The molecule has 0 amide bonds. The number of hydrogen-bond donors (Lipinski definition) is 0. The van der Waals surface area contributed by atoms with Crippen LogP contribution in [0.25, 0.3) is 89.7 Å². The van der Waals surface area contributed by atoms with Crippen molar-refractivity contribution in [1.29, 1.82) is 0 Å². The zero-order valence-corrected chi connectivity index (χ0v) is 63.6. The number of hydrogen-bond acceptors (Lipinski definition) is 12. The Morgan fingerprint density at radius 1 is 0.301 bits per heavy atom. The third-order valence-electron chi connectivity index (χ3n) is 15.2. The van der Waals surface area contributed by atoms with E-state index < -0.39 is 16.2 Å². The molecule has 12 rings (SSSR count). The maximum Gasteiger partial charge on any atom is 2.00 e. The van der Waals surface area contributed by atoms with Crippen LogP contribution in [-0.2, 0) is 35.7 Å². The first-order chi connectivity index (χ1) is 43.3. The molecule has 0 aliphatic carbocycles. The number of ether oxygens (including phenoxy) is 6. The van der Waals surface area contributed by atoms with E-state index in [1.807, 2.05) is 80.5 Å². The Hall–Kier alpha value is -4.91. The van der Waals surface area contributed by atoms with E-state index >= 15 is 0 Å². The van der Waals surface area contributed by atoms with Crippen LogP contribution in [0.1, 0.15) is 79.0 Å². The van der Waals surface area contributed by atoms with Gasteiger partial charge in [-0.15, -0.1) is 0 Å². The molecule has 0 atom stereocenters. The van der Waals surface area contributed by atoms with Crippen molar-refractivity contribution >= 4 is 195 Å². The zero-order chi connectivity index (χ0) is 66.4. The maximum absolute atomic E-state index is 7.66. The first-order valence-corrected chi connectivity index (χ1v) is 32.5. The minimum absolute atomic E-state index is 0. The van der Waals surface area contributed by atoms with Gasteiger partial charge in [-0.05, 0) is 70.8 Å². The largest absolute Gasteiger partial charge is 2.00 e. The molecule has 0 radical (unpaired) electrons. The molecule has 93 heavy (non-hydrogen) atoms. The van der Waals surface area contributed by atoms with E-state index in [0.29, 0.717) is 34.5 Å². The monoisotopic (exact) mass is 1550 g/mol. The van der Waals surface area contributed by atoms with E-state index in [-0.39, 0.29) is 192 Å². The Balaban J connectivity index is 0.00000884. The Bertz CT molecular complexity index is 4980. The van der Waals surface area contributed by atoms with E-state index in [4.69, 9.17) is 219 Å². The summed E-state index contributed by atoms with van der Waals surface area (Å²) in [4.78, 5) is 40.4. The van der Waals surface area contributed by atoms with Crippen molar-refractivity contribution in [3.8, 4) is 97.3 Å². The molecule has 8 bridgehead atoms. The quantitative estimate of drug-likeness (QED) is 0.0762. The van der Waals surface area contributed by atoms with Crippen LogP contribution in [0.3, 0.4) is 0 Å². The van der Waals surface area contributed by atoms with E-state index in [1.165, 1.54) is 0 Å². The maximum atomic E-state index is 7.66. The van der Waals surface area contributed by atoms with Gasteiger partial charge in [0.05, 0.1) is 94.9 Å². The molecule has 2 aliphatic rings. The molecule has 474 valence electrons. The third-order valence-corrected chi connectivity index (χ3v) is 20.6. The predicted molar refractivity (Wildman–Crippen MR) is 374 cm³/mol. The Morgan fingerprint density at radius 3 is 0.828 bits per heavy atom. The molecule has 14 nitrogen and oxygen atoms in total.